The molecule has 1 saturated carbocycles. The van der Waals surface area contributed by atoms with Gasteiger partial charge in [-0.1, -0.05) is 6.92 Å². The molecule has 0 spiro atoms. The molecule has 1 aliphatic rings. The first-order valence-electron chi connectivity index (χ1n) is 12.2. The first-order valence-corrected chi connectivity index (χ1v) is 12.2. The predicted octanol–water partition coefficient (Wildman–Crippen LogP) is 4.67. The van der Waals surface area contributed by atoms with Crippen molar-refractivity contribution in [3.8, 4) is 11.3 Å². The van der Waals surface area contributed by atoms with Crippen LogP contribution in [0.25, 0.3) is 11.3 Å². The molecule has 0 radical (unpaired) electrons. The Kier molecular flexibility index (Phi) is 7.35. The number of aliphatic hydroxyl groups is 3. The van der Waals surface area contributed by atoms with Crippen LogP contribution in [0, 0.1) is 23.4 Å². The Bertz CT molecular complexity index is 1340. The highest BCUT2D eigenvalue weighted by molar-refractivity contribution is 6.03. The molecule has 4 N–H and O–H groups in total. The molecule has 3 aromatic rings. The fourth-order valence-corrected chi connectivity index (χ4v) is 4.80. The number of nitrogens with zero attached hydrogens (tertiary/aromatic N) is 2. The number of aliphatic hydroxyl groups excluding tert-OH is 1. The van der Waals surface area contributed by atoms with E-state index in [0.717, 1.165) is 24.3 Å². The summed E-state index contributed by atoms with van der Waals surface area (Å²) in [7, 11) is 0. The van der Waals surface area contributed by atoms with E-state index in [-0.39, 0.29) is 29.5 Å². The number of amides is 1. The van der Waals surface area contributed by atoms with Gasteiger partial charge in [-0.05, 0) is 86.9 Å². The smallest absolute Gasteiger partial charge is 0.274 e. The van der Waals surface area contributed by atoms with Gasteiger partial charge in [0.15, 0.2) is 0 Å². The van der Waals surface area contributed by atoms with E-state index in [1.165, 1.54) is 20.0 Å². The summed E-state index contributed by atoms with van der Waals surface area (Å²) in [6, 6.07) is 5.48. The van der Waals surface area contributed by atoms with E-state index in [4.69, 9.17) is 0 Å². The third kappa shape index (κ3) is 5.29. The normalized spacial score (nSPS) is 23.8. The summed E-state index contributed by atoms with van der Waals surface area (Å²) in [6.45, 7) is 6.14. The van der Waals surface area contributed by atoms with Crippen molar-refractivity contribution in [1.82, 2.24) is 9.97 Å². The number of benzene rings is 1. The molecular weight excluding hydrogens is 499 g/mol. The first kappa shape index (κ1) is 27.7. The SMILES string of the molecule is C[C@@H]1C[C@H](c2ccncc2NC(=O)c2ccc(F)c(-c3c(F)cc(C(C)(C)O)cc3F)n2)C[C@H](O)[C@@]1(C)O. The topological polar surface area (TPSA) is 116 Å². The first-order chi connectivity index (χ1) is 17.7. The molecule has 2 aromatic heterocycles. The minimum Gasteiger partial charge on any atom is -0.390 e. The number of carbonyl (C=O) groups is 1. The molecule has 0 saturated heterocycles. The van der Waals surface area contributed by atoms with Gasteiger partial charge in [0, 0.05) is 6.20 Å². The van der Waals surface area contributed by atoms with Gasteiger partial charge in [-0.3, -0.25) is 9.78 Å². The minimum absolute atomic E-state index is 0.0432. The Morgan fingerprint density at radius 2 is 1.76 bits per heavy atom. The van der Waals surface area contributed by atoms with Crippen molar-refractivity contribution in [3.05, 3.63) is 77.0 Å². The maximum Gasteiger partial charge on any atom is 0.274 e. The summed E-state index contributed by atoms with van der Waals surface area (Å²) in [5, 5.41) is 33.8. The van der Waals surface area contributed by atoms with Crippen LogP contribution < -0.4 is 5.32 Å². The van der Waals surface area contributed by atoms with Gasteiger partial charge in [0.05, 0.1) is 34.8 Å². The van der Waals surface area contributed by atoms with Crippen molar-refractivity contribution in [2.75, 3.05) is 5.32 Å². The molecule has 1 aromatic carbocycles. The van der Waals surface area contributed by atoms with Gasteiger partial charge in [0.1, 0.15) is 28.8 Å². The lowest BCUT2D eigenvalue weighted by molar-refractivity contribution is -0.123. The summed E-state index contributed by atoms with van der Waals surface area (Å²) >= 11 is 0. The van der Waals surface area contributed by atoms with Crippen molar-refractivity contribution in [2.24, 2.45) is 5.92 Å². The summed E-state index contributed by atoms with van der Waals surface area (Å²) in [5.41, 5.74) is -3.52. The highest BCUT2D eigenvalue weighted by Crippen LogP contribution is 2.43. The zero-order chi connectivity index (χ0) is 28.0. The molecule has 0 unspecified atom stereocenters. The monoisotopic (exact) mass is 529 g/mol. The fraction of sp³-hybridized carbons (Fsp3) is 0.393. The lowest BCUT2D eigenvalue weighted by atomic mass is 9.69. The number of hydrogen-bond donors (Lipinski definition) is 4. The molecule has 202 valence electrons. The molecule has 7 nitrogen and oxygen atoms in total. The van der Waals surface area contributed by atoms with Crippen LogP contribution in [0.1, 0.15) is 68.1 Å². The Morgan fingerprint density at radius 1 is 1.11 bits per heavy atom. The van der Waals surface area contributed by atoms with Crippen molar-refractivity contribution in [2.45, 2.75) is 63.8 Å². The van der Waals surface area contributed by atoms with Crippen LogP contribution in [-0.2, 0) is 5.60 Å². The third-order valence-corrected chi connectivity index (χ3v) is 7.43. The van der Waals surface area contributed by atoms with E-state index in [2.05, 4.69) is 15.3 Å². The number of halogens is 3. The lowest BCUT2D eigenvalue weighted by Crippen LogP contribution is -2.49. The molecule has 0 aliphatic heterocycles. The van der Waals surface area contributed by atoms with Crippen LogP contribution in [0.15, 0.2) is 42.7 Å². The molecule has 1 aliphatic carbocycles. The van der Waals surface area contributed by atoms with Crippen LogP contribution >= 0.6 is 0 Å². The van der Waals surface area contributed by atoms with Crippen molar-refractivity contribution < 1.29 is 33.3 Å². The largest absolute Gasteiger partial charge is 0.390 e. The number of nitrogens with one attached hydrogen (secondary N) is 1. The van der Waals surface area contributed by atoms with Crippen LogP contribution in [0.4, 0.5) is 18.9 Å². The van der Waals surface area contributed by atoms with Crippen molar-refractivity contribution >= 4 is 11.6 Å². The average molecular weight is 530 g/mol. The fourth-order valence-electron chi connectivity index (χ4n) is 4.80. The van der Waals surface area contributed by atoms with Crippen LogP contribution in [0.5, 0.6) is 0 Å². The van der Waals surface area contributed by atoms with Gasteiger partial charge >= 0.3 is 0 Å². The average Bonchev–Trinajstić information content (AvgIpc) is 2.83. The number of anilines is 1. The summed E-state index contributed by atoms with van der Waals surface area (Å²) in [6.07, 6.45) is 2.82. The van der Waals surface area contributed by atoms with E-state index < -0.39 is 51.9 Å². The molecule has 4 atom stereocenters. The maximum absolute atomic E-state index is 14.9. The maximum atomic E-state index is 14.9. The van der Waals surface area contributed by atoms with Gasteiger partial charge < -0.3 is 20.6 Å². The number of aromatic nitrogens is 2. The van der Waals surface area contributed by atoms with Gasteiger partial charge in [0.2, 0.25) is 0 Å². The summed E-state index contributed by atoms with van der Waals surface area (Å²) in [4.78, 5) is 21.1. The van der Waals surface area contributed by atoms with Gasteiger partial charge in [0.25, 0.3) is 5.91 Å². The van der Waals surface area contributed by atoms with Crippen LogP contribution in [0.3, 0.4) is 0 Å². The summed E-state index contributed by atoms with van der Waals surface area (Å²) < 4.78 is 44.4. The highest BCUT2D eigenvalue weighted by atomic mass is 19.1. The molecule has 2 heterocycles. The molecule has 10 heteroatoms. The van der Waals surface area contributed by atoms with Crippen LogP contribution in [0.2, 0.25) is 0 Å². The number of rotatable bonds is 5. The zero-order valence-corrected chi connectivity index (χ0v) is 21.5. The van der Waals surface area contributed by atoms with Crippen LogP contribution in [-0.4, -0.2) is 42.9 Å². The lowest BCUT2D eigenvalue weighted by Gasteiger charge is -2.43. The Labute approximate surface area is 218 Å². The molecule has 1 fully saturated rings. The van der Waals surface area contributed by atoms with Crippen molar-refractivity contribution in [1.29, 1.82) is 0 Å². The second-order valence-electron chi connectivity index (χ2n) is 10.6. The molecular formula is C28H30F3N3O4. The Hall–Kier alpha value is -3.34. The van der Waals surface area contributed by atoms with Gasteiger partial charge in [-0.2, -0.15) is 0 Å². The summed E-state index contributed by atoms with van der Waals surface area (Å²) in [5.74, 6) is -4.47. The molecule has 4 rings (SSSR count). The van der Waals surface area contributed by atoms with Gasteiger partial charge in [-0.25, -0.2) is 18.2 Å². The van der Waals surface area contributed by atoms with E-state index in [9.17, 15) is 33.3 Å². The number of carbonyl (C=O) groups excluding carboxylic acids is 1. The standard InChI is InChI=1S/C28H30F3N3O4/c1-14-9-15(10-23(35)28(14,4)38)17-7-8-32-13-22(17)34-26(36)21-6-5-18(29)25(33-21)24-19(30)11-16(12-20(24)31)27(2,3)37/h5-8,11-15,23,35,37-38H,9-10H2,1-4H3,(H,34,36)/t14-,15+,23+,28+/m1/s1. The third-order valence-electron chi connectivity index (χ3n) is 7.43. The zero-order valence-electron chi connectivity index (χ0n) is 21.5. The second-order valence-corrected chi connectivity index (χ2v) is 10.6. The predicted molar refractivity (Wildman–Crippen MR) is 135 cm³/mol. The van der Waals surface area contributed by atoms with E-state index in [1.54, 1.807) is 19.2 Å². The molecule has 0 bridgehead atoms. The Balaban J connectivity index is 1.64. The number of pyridine rings is 2. The second kappa shape index (κ2) is 10.1. The quantitative estimate of drug-likeness (QED) is 0.382. The highest BCUT2D eigenvalue weighted by Gasteiger charge is 2.43. The van der Waals surface area contributed by atoms with E-state index in [0.29, 0.717) is 17.7 Å². The van der Waals surface area contributed by atoms with E-state index >= 15 is 0 Å². The number of hydrogen-bond acceptors (Lipinski definition) is 6. The van der Waals surface area contributed by atoms with Crippen molar-refractivity contribution in [3.63, 3.8) is 0 Å². The van der Waals surface area contributed by atoms with E-state index in [1.807, 2.05) is 6.92 Å². The minimum atomic E-state index is -1.53. The Morgan fingerprint density at radius 3 is 2.37 bits per heavy atom. The molecule has 1 amide bonds. The van der Waals surface area contributed by atoms with Gasteiger partial charge in [-0.15, -0.1) is 0 Å². The molecule has 38 heavy (non-hydrogen) atoms.